The maximum atomic E-state index is 11.5. The second kappa shape index (κ2) is 9.57. The van der Waals surface area contributed by atoms with Crippen molar-refractivity contribution in [1.82, 2.24) is 10.8 Å². The van der Waals surface area contributed by atoms with Crippen molar-refractivity contribution in [3.05, 3.63) is 0 Å². The van der Waals surface area contributed by atoms with Gasteiger partial charge in [0, 0.05) is 13.7 Å². The molecule has 1 atom stereocenters. The van der Waals surface area contributed by atoms with Crippen molar-refractivity contribution in [3.8, 4) is 0 Å². The van der Waals surface area contributed by atoms with Crippen LogP contribution in [0.3, 0.4) is 0 Å². The Hall–Kier alpha value is -0.650. The minimum absolute atomic E-state index is 0.0435. The predicted molar refractivity (Wildman–Crippen MR) is 62.9 cm³/mol. The summed E-state index contributed by atoms with van der Waals surface area (Å²) in [4.78, 5) is 16.6. The molecule has 0 radical (unpaired) electrons. The van der Waals surface area contributed by atoms with Crippen LogP contribution in [-0.2, 0) is 14.4 Å². The topological polar surface area (TPSA) is 59.6 Å². The number of methoxy groups -OCH3 is 1. The molecule has 0 saturated heterocycles. The lowest BCUT2D eigenvalue weighted by Crippen LogP contribution is -2.42. The smallest absolute Gasteiger partial charge is 0.239 e. The van der Waals surface area contributed by atoms with Crippen LogP contribution in [0, 0.1) is 5.92 Å². The normalized spacial score (nSPS) is 12.8. The van der Waals surface area contributed by atoms with Gasteiger partial charge >= 0.3 is 0 Å². The number of ether oxygens (including phenoxy) is 1. The van der Waals surface area contributed by atoms with Crippen molar-refractivity contribution in [2.24, 2.45) is 5.92 Å². The highest BCUT2D eigenvalue weighted by Gasteiger charge is 2.11. The Morgan fingerprint density at radius 3 is 2.50 bits per heavy atom. The van der Waals surface area contributed by atoms with Crippen molar-refractivity contribution in [3.63, 3.8) is 0 Å². The van der Waals surface area contributed by atoms with Crippen LogP contribution in [0.25, 0.3) is 0 Å². The van der Waals surface area contributed by atoms with E-state index >= 15 is 0 Å². The summed E-state index contributed by atoms with van der Waals surface area (Å²) in [7, 11) is 1.60. The third-order valence-electron chi connectivity index (χ3n) is 2.06. The summed E-state index contributed by atoms with van der Waals surface area (Å²) in [6.45, 7) is 7.66. The molecule has 2 N–H and O–H groups in total. The Morgan fingerprint density at radius 1 is 1.25 bits per heavy atom. The van der Waals surface area contributed by atoms with E-state index in [4.69, 9.17) is 9.57 Å². The van der Waals surface area contributed by atoms with E-state index in [9.17, 15) is 4.79 Å². The van der Waals surface area contributed by atoms with Crippen molar-refractivity contribution in [2.75, 3.05) is 26.9 Å². The van der Waals surface area contributed by atoms with Gasteiger partial charge in [-0.3, -0.25) is 9.63 Å². The number of rotatable bonds is 9. The first-order valence-corrected chi connectivity index (χ1v) is 5.72. The summed E-state index contributed by atoms with van der Waals surface area (Å²) in [6, 6.07) is -0.344. The Bertz CT molecular complexity index is 186. The predicted octanol–water partition coefficient (Wildman–Crippen LogP) is 0.705. The number of hydrogen-bond acceptors (Lipinski definition) is 4. The fraction of sp³-hybridized carbons (Fsp3) is 0.909. The summed E-state index contributed by atoms with van der Waals surface area (Å²) in [5.41, 5.74) is 2.66. The molecule has 0 aliphatic heterocycles. The first-order chi connectivity index (χ1) is 7.57. The molecule has 0 aromatic rings. The van der Waals surface area contributed by atoms with Gasteiger partial charge < -0.3 is 10.1 Å². The molecule has 5 nitrogen and oxygen atoms in total. The Balaban J connectivity index is 3.49. The van der Waals surface area contributed by atoms with Crippen molar-refractivity contribution >= 4 is 5.91 Å². The van der Waals surface area contributed by atoms with Crippen LogP contribution < -0.4 is 10.8 Å². The molecule has 96 valence electrons. The molecule has 1 unspecified atom stereocenters. The Labute approximate surface area is 97.8 Å². The van der Waals surface area contributed by atoms with Gasteiger partial charge in [-0.15, -0.1) is 0 Å². The van der Waals surface area contributed by atoms with E-state index < -0.39 is 0 Å². The number of carbonyl (C=O) groups excluding carboxylic acids is 1. The minimum atomic E-state index is -0.344. The number of amides is 1. The molecule has 0 aromatic heterocycles. The summed E-state index contributed by atoms with van der Waals surface area (Å²) >= 11 is 0. The second-order valence-corrected chi connectivity index (χ2v) is 4.15. The highest BCUT2D eigenvalue weighted by molar-refractivity contribution is 5.81. The maximum absolute atomic E-state index is 11.5. The zero-order valence-electron chi connectivity index (χ0n) is 10.7. The lowest BCUT2D eigenvalue weighted by Gasteiger charge is -2.14. The molecular formula is C11H24N2O3. The van der Waals surface area contributed by atoms with E-state index in [0.717, 1.165) is 6.42 Å². The average Bonchev–Trinajstić information content (AvgIpc) is 2.23. The molecule has 1 amide bonds. The van der Waals surface area contributed by atoms with Crippen LogP contribution in [0.5, 0.6) is 0 Å². The van der Waals surface area contributed by atoms with Crippen molar-refractivity contribution in [1.29, 1.82) is 0 Å². The monoisotopic (exact) mass is 232 g/mol. The molecule has 16 heavy (non-hydrogen) atoms. The third kappa shape index (κ3) is 8.64. The van der Waals surface area contributed by atoms with Gasteiger partial charge in [-0.2, -0.15) is 5.48 Å². The highest BCUT2D eigenvalue weighted by atomic mass is 16.7. The summed E-state index contributed by atoms with van der Waals surface area (Å²) in [5, 5.41) is 2.84. The molecule has 0 rings (SSSR count). The molecule has 5 heteroatoms. The first kappa shape index (κ1) is 15.3. The fourth-order valence-electron chi connectivity index (χ4n) is 1.000. The first-order valence-electron chi connectivity index (χ1n) is 5.72. The van der Waals surface area contributed by atoms with E-state index in [-0.39, 0.29) is 11.9 Å². The second-order valence-electron chi connectivity index (χ2n) is 4.15. The zero-order chi connectivity index (χ0) is 12.4. The van der Waals surface area contributed by atoms with Gasteiger partial charge in [-0.05, 0) is 19.3 Å². The molecule has 0 aromatic carbocycles. The lowest BCUT2D eigenvalue weighted by atomic mass is 10.1. The van der Waals surface area contributed by atoms with Gasteiger partial charge in [0.15, 0.2) is 0 Å². The molecule has 0 saturated carbocycles. The van der Waals surface area contributed by atoms with Gasteiger partial charge in [0.05, 0.1) is 13.2 Å². The van der Waals surface area contributed by atoms with Crippen LogP contribution in [0.15, 0.2) is 0 Å². The molecule has 0 aliphatic carbocycles. The average molecular weight is 232 g/mol. The van der Waals surface area contributed by atoms with E-state index in [1.165, 1.54) is 0 Å². The summed E-state index contributed by atoms with van der Waals surface area (Å²) in [5.74, 6) is 0.555. The van der Waals surface area contributed by atoms with Gasteiger partial charge in [-0.25, -0.2) is 0 Å². The molecule has 0 aliphatic rings. The number of hydrogen-bond donors (Lipinski definition) is 2. The molecule has 0 bridgehead atoms. The molecule has 0 spiro atoms. The van der Waals surface area contributed by atoms with E-state index in [2.05, 4.69) is 24.6 Å². The fourth-order valence-corrected chi connectivity index (χ4v) is 1.000. The van der Waals surface area contributed by atoms with Crippen LogP contribution in [-0.4, -0.2) is 38.8 Å². The van der Waals surface area contributed by atoms with Gasteiger partial charge in [-0.1, -0.05) is 13.8 Å². The van der Waals surface area contributed by atoms with Crippen LogP contribution >= 0.6 is 0 Å². The van der Waals surface area contributed by atoms with Crippen LogP contribution in [0.1, 0.15) is 27.2 Å². The number of nitrogens with one attached hydrogen (secondary N) is 2. The standard InChI is InChI=1S/C11H24N2O3/c1-9(2)5-6-12-11(14)10(3)13-16-8-7-15-4/h9-10,13H,5-8H2,1-4H3,(H,12,14). The van der Waals surface area contributed by atoms with Gasteiger partial charge in [0.2, 0.25) is 5.91 Å². The van der Waals surface area contributed by atoms with Crippen LogP contribution in [0.4, 0.5) is 0 Å². The quantitative estimate of drug-likeness (QED) is 0.454. The lowest BCUT2D eigenvalue weighted by molar-refractivity contribution is -0.127. The zero-order valence-corrected chi connectivity index (χ0v) is 10.7. The molecular weight excluding hydrogens is 208 g/mol. The Kier molecular flexibility index (Phi) is 9.18. The largest absolute Gasteiger partial charge is 0.382 e. The van der Waals surface area contributed by atoms with Gasteiger partial charge in [0.1, 0.15) is 6.04 Å². The summed E-state index contributed by atoms with van der Waals surface area (Å²) in [6.07, 6.45) is 0.989. The van der Waals surface area contributed by atoms with Gasteiger partial charge in [0.25, 0.3) is 0 Å². The highest BCUT2D eigenvalue weighted by Crippen LogP contribution is 1.96. The van der Waals surface area contributed by atoms with Crippen molar-refractivity contribution in [2.45, 2.75) is 33.2 Å². The van der Waals surface area contributed by atoms with E-state index in [1.54, 1.807) is 14.0 Å². The number of carbonyl (C=O) groups is 1. The minimum Gasteiger partial charge on any atom is -0.382 e. The SMILES string of the molecule is COCCONC(C)C(=O)NCCC(C)C. The Morgan fingerprint density at radius 2 is 1.94 bits per heavy atom. The number of hydroxylamine groups is 1. The molecule has 0 fully saturated rings. The third-order valence-corrected chi connectivity index (χ3v) is 2.06. The van der Waals surface area contributed by atoms with Crippen molar-refractivity contribution < 1.29 is 14.4 Å². The maximum Gasteiger partial charge on any atom is 0.239 e. The molecule has 0 heterocycles. The summed E-state index contributed by atoms with van der Waals surface area (Å²) < 4.78 is 4.81. The van der Waals surface area contributed by atoms with E-state index in [0.29, 0.717) is 25.7 Å². The van der Waals surface area contributed by atoms with Crippen LogP contribution in [0.2, 0.25) is 0 Å². The van der Waals surface area contributed by atoms with E-state index in [1.807, 2.05) is 0 Å².